The van der Waals surface area contributed by atoms with E-state index in [-0.39, 0.29) is 11.2 Å². The first-order valence-corrected chi connectivity index (χ1v) is 7.04. The summed E-state index contributed by atoms with van der Waals surface area (Å²) in [6.07, 6.45) is 0. The zero-order valence-corrected chi connectivity index (χ0v) is 13.2. The van der Waals surface area contributed by atoms with E-state index in [2.05, 4.69) is 43.2 Å². The van der Waals surface area contributed by atoms with Crippen LogP contribution in [0.5, 0.6) is 0 Å². The second-order valence-corrected chi connectivity index (χ2v) is 6.48. The summed E-state index contributed by atoms with van der Waals surface area (Å²) in [4.78, 5) is 0. The highest BCUT2D eigenvalue weighted by Gasteiger charge is 2.25. The number of aromatic nitrogens is 4. The van der Waals surface area contributed by atoms with Gasteiger partial charge in [0.25, 0.3) is 0 Å². The van der Waals surface area contributed by atoms with Crippen LogP contribution < -0.4 is 5.73 Å². The van der Waals surface area contributed by atoms with Crippen LogP contribution in [0.4, 0.5) is 10.1 Å². The Balaban J connectivity index is 2.42. The molecule has 1 heterocycles. The van der Waals surface area contributed by atoms with Gasteiger partial charge in [0.05, 0.1) is 6.54 Å². The summed E-state index contributed by atoms with van der Waals surface area (Å²) in [6, 6.07) is 3.14. The molecule has 0 aliphatic heterocycles. The Morgan fingerprint density at radius 1 is 1.33 bits per heavy atom. The van der Waals surface area contributed by atoms with Crippen LogP contribution in [0.1, 0.15) is 33.3 Å². The number of nitrogens with zero attached hydrogens (tertiary/aromatic N) is 4. The molecule has 0 aliphatic carbocycles. The number of benzene rings is 1. The molecule has 0 spiro atoms. The third kappa shape index (κ3) is 3.04. The second-order valence-electron chi connectivity index (χ2n) is 6.48. The van der Waals surface area contributed by atoms with Crippen molar-refractivity contribution in [1.82, 2.24) is 20.2 Å². The van der Waals surface area contributed by atoms with E-state index >= 15 is 0 Å². The van der Waals surface area contributed by atoms with Crippen molar-refractivity contribution < 1.29 is 4.39 Å². The minimum atomic E-state index is -0.345. The lowest BCUT2D eigenvalue weighted by Crippen LogP contribution is -2.26. The number of hydrogen-bond donors (Lipinski definition) is 1. The standard InChI is InChI=1S/C15H22FN5/c1-9(2)15(4,5)8-21-14(18-19-20-21)11-6-12(16)10(3)13(17)7-11/h6-7,9H,8,17H2,1-5H3. The van der Waals surface area contributed by atoms with Crippen LogP contribution in [-0.2, 0) is 6.54 Å². The van der Waals surface area contributed by atoms with Gasteiger partial charge < -0.3 is 5.73 Å². The first-order valence-electron chi connectivity index (χ1n) is 7.04. The van der Waals surface area contributed by atoms with Crippen molar-refractivity contribution in [1.29, 1.82) is 0 Å². The zero-order chi connectivity index (χ0) is 15.8. The van der Waals surface area contributed by atoms with E-state index in [0.29, 0.717) is 35.1 Å². The lowest BCUT2D eigenvalue weighted by molar-refractivity contribution is 0.200. The summed E-state index contributed by atoms with van der Waals surface area (Å²) in [7, 11) is 0. The fraction of sp³-hybridized carbons (Fsp3) is 0.533. The zero-order valence-electron chi connectivity index (χ0n) is 13.2. The van der Waals surface area contributed by atoms with Crippen molar-refractivity contribution in [3.05, 3.63) is 23.5 Å². The van der Waals surface area contributed by atoms with Crippen LogP contribution in [0.3, 0.4) is 0 Å². The predicted molar refractivity (Wildman–Crippen MR) is 81.0 cm³/mol. The van der Waals surface area contributed by atoms with E-state index in [1.807, 2.05) is 0 Å². The lowest BCUT2D eigenvalue weighted by Gasteiger charge is -2.29. The van der Waals surface area contributed by atoms with Crippen molar-refractivity contribution >= 4 is 5.69 Å². The summed E-state index contributed by atoms with van der Waals surface area (Å²) in [5, 5.41) is 11.8. The van der Waals surface area contributed by atoms with E-state index in [1.165, 1.54) is 6.07 Å². The molecule has 0 amide bonds. The van der Waals surface area contributed by atoms with Gasteiger partial charge in [0, 0.05) is 16.8 Å². The summed E-state index contributed by atoms with van der Waals surface area (Å²) < 4.78 is 15.6. The fourth-order valence-corrected chi connectivity index (χ4v) is 1.92. The molecule has 2 N–H and O–H groups in total. The van der Waals surface area contributed by atoms with Crippen LogP contribution >= 0.6 is 0 Å². The molecule has 0 saturated carbocycles. The Bertz CT molecular complexity index is 622. The van der Waals surface area contributed by atoms with Gasteiger partial charge in [-0.25, -0.2) is 9.07 Å². The van der Waals surface area contributed by atoms with Gasteiger partial charge in [-0.2, -0.15) is 0 Å². The average molecular weight is 291 g/mol. The third-order valence-corrected chi connectivity index (χ3v) is 4.29. The minimum Gasteiger partial charge on any atom is -0.398 e. The van der Waals surface area contributed by atoms with Crippen LogP contribution in [0.25, 0.3) is 11.4 Å². The van der Waals surface area contributed by atoms with Crippen molar-refractivity contribution in [3.63, 3.8) is 0 Å². The Hall–Kier alpha value is -1.98. The first kappa shape index (κ1) is 15.4. The maximum atomic E-state index is 13.9. The molecule has 5 nitrogen and oxygen atoms in total. The fourth-order valence-electron chi connectivity index (χ4n) is 1.92. The van der Waals surface area contributed by atoms with Gasteiger partial charge in [0.1, 0.15) is 5.82 Å². The van der Waals surface area contributed by atoms with Gasteiger partial charge in [-0.1, -0.05) is 27.7 Å². The highest BCUT2D eigenvalue weighted by Crippen LogP contribution is 2.30. The molecule has 1 aromatic heterocycles. The van der Waals surface area contributed by atoms with Gasteiger partial charge in [-0.15, -0.1) is 5.10 Å². The van der Waals surface area contributed by atoms with Crippen molar-refractivity contribution in [2.75, 3.05) is 5.73 Å². The van der Waals surface area contributed by atoms with Gasteiger partial charge in [-0.05, 0) is 40.8 Å². The van der Waals surface area contributed by atoms with Crippen LogP contribution in [0, 0.1) is 24.1 Å². The van der Waals surface area contributed by atoms with E-state index in [1.54, 1.807) is 17.7 Å². The molecule has 0 aliphatic rings. The van der Waals surface area contributed by atoms with Crippen LogP contribution in [-0.4, -0.2) is 20.2 Å². The number of hydrogen-bond acceptors (Lipinski definition) is 4. The topological polar surface area (TPSA) is 69.6 Å². The second kappa shape index (κ2) is 5.42. The van der Waals surface area contributed by atoms with Gasteiger partial charge in [0.15, 0.2) is 5.82 Å². The monoisotopic (exact) mass is 291 g/mol. The molecule has 2 aromatic rings. The van der Waals surface area contributed by atoms with Gasteiger partial charge in [0.2, 0.25) is 0 Å². The predicted octanol–water partition coefficient (Wildman–Crippen LogP) is 3.05. The number of halogens is 1. The maximum Gasteiger partial charge on any atom is 0.182 e. The Kier molecular flexibility index (Phi) is 3.98. The quantitative estimate of drug-likeness (QED) is 0.879. The number of nitrogen functional groups attached to an aromatic ring is 1. The Morgan fingerprint density at radius 2 is 2.00 bits per heavy atom. The third-order valence-electron chi connectivity index (χ3n) is 4.29. The van der Waals surface area contributed by atoms with Crippen molar-refractivity contribution in [2.24, 2.45) is 11.3 Å². The van der Waals surface area contributed by atoms with E-state index < -0.39 is 0 Å². The molecular formula is C15H22FN5. The SMILES string of the molecule is Cc1c(N)cc(-c2nnnn2CC(C)(C)C(C)C)cc1F. The highest BCUT2D eigenvalue weighted by atomic mass is 19.1. The molecule has 0 fully saturated rings. The molecule has 0 bridgehead atoms. The average Bonchev–Trinajstić information content (AvgIpc) is 2.82. The molecular weight excluding hydrogens is 269 g/mol. The van der Waals surface area contributed by atoms with E-state index in [0.717, 1.165) is 0 Å². The lowest BCUT2D eigenvalue weighted by atomic mass is 9.81. The van der Waals surface area contributed by atoms with E-state index in [4.69, 9.17) is 5.73 Å². The summed E-state index contributed by atoms with van der Waals surface area (Å²) >= 11 is 0. The van der Waals surface area contributed by atoms with E-state index in [9.17, 15) is 4.39 Å². The highest BCUT2D eigenvalue weighted by molar-refractivity contribution is 5.63. The number of anilines is 1. The smallest absolute Gasteiger partial charge is 0.182 e. The van der Waals surface area contributed by atoms with Gasteiger partial charge >= 0.3 is 0 Å². The molecule has 21 heavy (non-hydrogen) atoms. The Morgan fingerprint density at radius 3 is 2.57 bits per heavy atom. The molecule has 114 valence electrons. The number of nitrogens with two attached hydrogens (primary N) is 1. The minimum absolute atomic E-state index is 0.0267. The van der Waals surface area contributed by atoms with Crippen molar-refractivity contribution in [3.8, 4) is 11.4 Å². The number of tetrazole rings is 1. The largest absolute Gasteiger partial charge is 0.398 e. The maximum absolute atomic E-state index is 13.9. The van der Waals surface area contributed by atoms with Crippen molar-refractivity contribution in [2.45, 2.75) is 41.2 Å². The first-order chi connectivity index (χ1) is 9.72. The molecule has 2 rings (SSSR count). The van der Waals surface area contributed by atoms with Gasteiger partial charge in [-0.3, -0.25) is 0 Å². The molecule has 0 saturated heterocycles. The molecule has 6 heteroatoms. The van der Waals surface area contributed by atoms with Crippen LogP contribution in [0.15, 0.2) is 12.1 Å². The molecule has 0 atom stereocenters. The summed E-state index contributed by atoms with van der Waals surface area (Å²) in [6.45, 7) is 10.9. The summed E-state index contributed by atoms with van der Waals surface area (Å²) in [5.41, 5.74) is 7.31. The van der Waals surface area contributed by atoms with Crippen LogP contribution in [0.2, 0.25) is 0 Å². The summed E-state index contributed by atoms with van der Waals surface area (Å²) in [5.74, 6) is 0.659. The number of rotatable bonds is 4. The molecule has 0 unspecified atom stereocenters. The molecule has 0 radical (unpaired) electrons. The molecule has 1 aromatic carbocycles. The Labute approximate surface area is 124 Å². The normalized spacial score (nSPS) is 12.1.